The van der Waals surface area contributed by atoms with Crippen molar-refractivity contribution in [3.63, 3.8) is 0 Å². The Bertz CT molecular complexity index is 1050. The highest BCUT2D eigenvalue weighted by atomic mass is 16.3. The van der Waals surface area contributed by atoms with E-state index in [-0.39, 0.29) is 30.4 Å². The number of amides is 1. The molecule has 154 valence electrons. The summed E-state index contributed by atoms with van der Waals surface area (Å²) in [5.41, 5.74) is 4.83. The number of nitrogens with one attached hydrogen (secondary N) is 1. The van der Waals surface area contributed by atoms with Gasteiger partial charge >= 0.3 is 5.69 Å². The van der Waals surface area contributed by atoms with Crippen molar-refractivity contribution in [3.05, 3.63) is 69.2 Å². The number of aromatic nitrogens is 2. The van der Waals surface area contributed by atoms with Gasteiger partial charge in [0.1, 0.15) is 17.3 Å². The Morgan fingerprint density at radius 3 is 2.48 bits per heavy atom. The van der Waals surface area contributed by atoms with E-state index in [0.29, 0.717) is 30.9 Å². The molecule has 0 bridgehead atoms. The molecule has 0 atom stereocenters. The third-order valence-electron chi connectivity index (χ3n) is 4.58. The quantitative estimate of drug-likeness (QED) is 0.567. The maximum atomic E-state index is 13.0. The Hall–Kier alpha value is -3.49. The Labute approximate surface area is 166 Å². The fraction of sp³-hybridized carbons (Fsp3) is 0.350. The van der Waals surface area contributed by atoms with E-state index in [1.54, 1.807) is 24.3 Å². The molecule has 3 aromatic rings. The van der Waals surface area contributed by atoms with Gasteiger partial charge in [0, 0.05) is 19.4 Å². The lowest BCUT2D eigenvalue weighted by atomic mass is 10.2. The molecule has 3 N–H and O–H groups in total. The number of hydrogen-bond acceptors (Lipinski definition) is 6. The fourth-order valence-electron chi connectivity index (χ4n) is 3.05. The highest BCUT2D eigenvalue weighted by Gasteiger charge is 2.25. The maximum Gasteiger partial charge on any atom is 0.330 e. The molecule has 0 aromatic carbocycles. The van der Waals surface area contributed by atoms with Gasteiger partial charge in [-0.15, -0.1) is 0 Å². The Morgan fingerprint density at radius 2 is 1.86 bits per heavy atom. The van der Waals surface area contributed by atoms with Gasteiger partial charge in [-0.3, -0.25) is 24.0 Å². The lowest BCUT2D eigenvalue weighted by Crippen LogP contribution is -2.41. The molecule has 0 radical (unpaired) electrons. The highest BCUT2D eigenvalue weighted by molar-refractivity contribution is 5.95. The Kier molecular flexibility index (Phi) is 6.38. The molecule has 0 aliphatic heterocycles. The van der Waals surface area contributed by atoms with Crippen molar-refractivity contribution in [1.82, 2.24) is 9.55 Å². The van der Waals surface area contributed by atoms with E-state index < -0.39 is 11.2 Å². The summed E-state index contributed by atoms with van der Waals surface area (Å²) in [6.07, 6.45) is 5.04. The largest absolute Gasteiger partial charge is 0.469 e. The Morgan fingerprint density at radius 1 is 1.17 bits per heavy atom. The smallest absolute Gasteiger partial charge is 0.330 e. The van der Waals surface area contributed by atoms with Crippen LogP contribution in [0.3, 0.4) is 0 Å². The first-order valence-corrected chi connectivity index (χ1v) is 9.49. The van der Waals surface area contributed by atoms with E-state index >= 15 is 0 Å². The molecule has 9 nitrogen and oxygen atoms in total. The number of H-pyrrole nitrogens is 1. The number of aryl methyl sites for hydroxylation is 1. The summed E-state index contributed by atoms with van der Waals surface area (Å²) in [5.74, 6) is 0.772. The molecule has 0 saturated carbocycles. The number of aromatic amines is 1. The number of unbranched alkanes of at least 4 members (excludes halogenated alkanes) is 1. The zero-order chi connectivity index (χ0) is 20.8. The van der Waals surface area contributed by atoms with Crippen molar-refractivity contribution in [3.8, 4) is 0 Å². The van der Waals surface area contributed by atoms with Gasteiger partial charge in [-0.25, -0.2) is 4.79 Å². The summed E-state index contributed by atoms with van der Waals surface area (Å²) >= 11 is 0. The van der Waals surface area contributed by atoms with Crippen molar-refractivity contribution in [1.29, 1.82) is 0 Å². The first-order chi connectivity index (χ1) is 14.0. The van der Waals surface area contributed by atoms with Crippen LogP contribution in [0.4, 0.5) is 11.5 Å². The van der Waals surface area contributed by atoms with Crippen LogP contribution in [0.25, 0.3) is 0 Å². The lowest BCUT2D eigenvalue weighted by molar-refractivity contribution is -0.118. The van der Waals surface area contributed by atoms with Crippen molar-refractivity contribution < 1.29 is 13.6 Å². The van der Waals surface area contributed by atoms with Gasteiger partial charge in [0.2, 0.25) is 5.91 Å². The standard InChI is InChI=1S/C20H24N4O5/c1-2-3-10-23-18(21)17(19(26)22-20(23)27)24(13-15-7-5-12-29-15)16(25)9-8-14-6-4-11-28-14/h4-7,11-12H,2-3,8-10,13,21H2,1H3,(H,22,26,27). The van der Waals surface area contributed by atoms with Gasteiger partial charge in [-0.2, -0.15) is 0 Å². The summed E-state index contributed by atoms with van der Waals surface area (Å²) in [6, 6.07) is 6.91. The van der Waals surface area contributed by atoms with Crippen LogP contribution in [0.15, 0.2) is 55.2 Å². The van der Waals surface area contributed by atoms with Crippen molar-refractivity contribution in [2.24, 2.45) is 0 Å². The number of furan rings is 2. The molecule has 3 heterocycles. The van der Waals surface area contributed by atoms with E-state index in [4.69, 9.17) is 14.6 Å². The monoisotopic (exact) mass is 400 g/mol. The molecular weight excluding hydrogens is 376 g/mol. The first kappa shape index (κ1) is 20.2. The zero-order valence-electron chi connectivity index (χ0n) is 16.2. The normalized spacial score (nSPS) is 10.9. The summed E-state index contributed by atoms with van der Waals surface area (Å²) in [4.78, 5) is 41.4. The molecule has 0 saturated heterocycles. The minimum atomic E-state index is -0.710. The first-order valence-electron chi connectivity index (χ1n) is 9.49. The molecule has 0 aliphatic carbocycles. The number of nitrogens with two attached hydrogens (primary N) is 1. The summed E-state index contributed by atoms with van der Waals surface area (Å²) < 4.78 is 11.9. The number of carbonyl (C=O) groups excluding carboxylic acids is 1. The van der Waals surface area contributed by atoms with E-state index in [1.807, 2.05) is 6.92 Å². The average Bonchev–Trinajstić information content (AvgIpc) is 3.39. The van der Waals surface area contributed by atoms with Crippen LogP contribution in [-0.4, -0.2) is 15.5 Å². The van der Waals surface area contributed by atoms with E-state index in [0.717, 1.165) is 6.42 Å². The van der Waals surface area contributed by atoms with E-state index in [1.165, 1.54) is 22.0 Å². The van der Waals surface area contributed by atoms with Gasteiger partial charge in [-0.1, -0.05) is 13.3 Å². The number of rotatable bonds is 9. The molecule has 0 aliphatic rings. The van der Waals surface area contributed by atoms with Gasteiger partial charge in [0.05, 0.1) is 19.1 Å². The molecule has 3 aromatic heterocycles. The second kappa shape index (κ2) is 9.13. The van der Waals surface area contributed by atoms with Gasteiger partial charge < -0.3 is 14.6 Å². The lowest BCUT2D eigenvalue weighted by Gasteiger charge is -2.23. The molecule has 0 unspecified atom stereocenters. The van der Waals surface area contributed by atoms with Crippen LogP contribution in [0.1, 0.15) is 37.7 Å². The number of hydrogen-bond donors (Lipinski definition) is 2. The predicted molar refractivity (Wildman–Crippen MR) is 108 cm³/mol. The van der Waals surface area contributed by atoms with Gasteiger partial charge in [0.25, 0.3) is 5.56 Å². The molecular formula is C20H24N4O5. The van der Waals surface area contributed by atoms with Crippen LogP contribution >= 0.6 is 0 Å². The molecule has 29 heavy (non-hydrogen) atoms. The molecule has 9 heteroatoms. The van der Waals surface area contributed by atoms with Gasteiger partial charge in [0.15, 0.2) is 5.69 Å². The van der Waals surface area contributed by atoms with Crippen molar-refractivity contribution in [2.75, 3.05) is 10.6 Å². The van der Waals surface area contributed by atoms with Crippen LogP contribution in [0.5, 0.6) is 0 Å². The summed E-state index contributed by atoms with van der Waals surface area (Å²) in [5, 5.41) is 0. The number of carbonyl (C=O) groups is 1. The van der Waals surface area contributed by atoms with Crippen molar-refractivity contribution >= 4 is 17.4 Å². The van der Waals surface area contributed by atoms with E-state index in [9.17, 15) is 14.4 Å². The fourth-order valence-corrected chi connectivity index (χ4v) is 3.05. The minimum absolute atomic E-state index is 0.0171. The van der Waals surface area contributed by atoms with E-state index in [2.05, 4.69) is 4.98 Å². The summed E-state index contributed by atoms with van der Waals surface area (Å²) in [6.45, 7) is 2.35. The van der Waals surface area contributed by atoms with Gasteiger partial charge in [-0.05, 0) is 30.7 Å². The molecule has 0 spiro atoms. The van der Waals surface area contributed by atoms with Crippen LogP contribution < -0.4 is 21.9 Å². The summed E-state index contributed by atoms with van der Waals surface area (Å²) in [7, 11) is 0. The zero-order valence-corrected chi connectivity index (χ0v) is 16.2. The van der Waals surface area contributed by atoms with Crippen molar-refractivity contribution in [2.45, 2.75) is 45.7 Å². The number of nitrogen functional groups attached to an aromatic ring is 1. The minimum Gasteiger partial charge on any atom is -0.469 e. The highest BCUT2D eigenvalue weighted by Crippen LogP contribution is 2.21. The molecule has 0 fully saturated rings. The van der Waals surface area contributed by atoms with Crippen LogP contribution in [0.2, 0.25) is 0 Å². The molecule has 1 amide bonds. The maximum absolute atomic E-state index is 13.0. The second-order valence-corrected chi connectivity index (χ2v) is 6.64. The Balaban J connectivity index is 1.97. The third-order valence-corrected chi connectivity index (χ3v) is 4.58. The number of anilines is 2. The number of nitrogens with zero attached hydrogens (tertiary/aromatic N) is 2. The third kappa shape index (κ3) is 4.68. The second-order valence-electron chi connectivity index (χ2n) is 6.64. The SMILES string of the molecule is CCCCn1c(N)c(N(Cc2ccco2)C(=O)CCc2ccco2)c(=O)[nH]c1=O. The molecule has 3 rings (SSSR count). The predicted octanol–water partition coefficient (Wildman–Crippen LogP) is 2.27. The van der Waals surface area contributed by atoms with Crippen LogP contribution in [-0.2, 0) is 24.3 Å². The van der Waals surface area contributed by atoms with Crippen LogP contribution in [0, 0.1) is 0 Å². The average molecular weight is 400 g/mol. The topological polar surface area (TPSA) is 127 Å².